The fourth-order valence-corrected chi connectivity index (χ4v) is 2.19. The molecule has 0 aliphatic heterocycles. The number of hydrogen-bond acceptors (Lipinski definition) is 4. The summed E-state index contributed by atoms with van der Waals surface area (Å²) in [6.07, 6.45) is 0.793. The third kappa shape index (κ3) is 4.32. The van der Waals surface area contributed by atoms with E-state index in [1.165, 1.54) is 5.56 Å². The first-order valence-corrected chi connectivity index (χ1v) is 7.36. The molecule has 4 nitrogen and oxygen atoms in total. The summed E-state index contributed by atoms with van der Waals surface area (Å²) in [4.78, 5) is 0. The topological polar surface area (TPSA) is 53.7 Å². The van der Waals surface area contributed by atoms with Gasteiger partial charge in [0.2, 0.25) is 0 Å². The van der Waals surface area contributed by atoms with Crippen LogP contribution in [0.5, 0.6) is 17.2 Å². The fourth-order valence-electron chi connectivity index (χ4n) is 2.19. The first-order chi connectivity index (χ1) is 10.6. The second-order valence-electron chi connectivity index (χ2n) is 5.23. The van der Waals surface area contributed by atoms with E-state index >= 15 is 0 Å². The van der Waals surface area contributed by atoms with Crippen LogP contribution >= 0.6 is 0 Å². The van der Waals surface area contributed by atoms with Gasteiger partial charge in [-0.25, -0.2) is 0 Å². The Hall–Kier alpha value is -2.36. The molecule has 2 aromatic rings. The minimum Gasteiger partial charge on any atom is -0.493 e. The predicted molar refractivity (Wildman–Crippen MR) is 88.9 cm³/mol. The molecule has 2 rings (SSSR count). The van der Waals surface area contributed by atoms with Crippen molar-refractivity contribution in [2.45, 2.75) is 20.3 Å². The Balaban J connectivity index is 1.78. The van der Waals surface area contributed by atoms with Crippen molar-refractivity contribution in [3.05, 3.63) is 47.5 Å². The zero-order valence-corrected chi connectivity index (χ0v) is 13.4. The molecule has 22 heavy (non-hydrogen) atoms. The third-order valence-corrected chi connectivity index (χ3v) is 3.32. The molecule has 0 heterocycles. The van der Waals surface area contributed by atoms with Gasteiger partial charge in [-0.3, -0.25) is 0 Å². The van der Waals surface area contributed by atoms with Crippen molar-refractivity contribution in [1.29, 1.82) is 0 Å². The van der Waals surface area contributed by atoms with Crippen LogP contribution in [0.2, 0.25) is 0 Å². The molecule has 0 amide bonds. The van der Waals surface area contributed by atoms with Crippen LogP contribution in [0.15, 0.2) is 36.4 Å². The first kappa shape index (κ1) is 16.0. The molecule has 0 spiro atoms. The van der Waals surface area contributed by atoms with Crippen molar-refractivity contribution in [3.63, 3.8) is 0 Å². The van der Waals surface area contributed by atoms with Crippen molar-refractivity contribution in [3.8, 4) is 17.2 Å². The van der Waals surface area contributed by atoms with Crippen molar-refractivity contribution < 1.29 is 14.2 Å². The van der Waals surface area contributed by atoms with Crippen LogP contribution in [0.1, 0.15) is 17.5 Å². The van der Waals surface area contributed by atoms with Gasteiger partial charge >= 0.3 is 0 Å². The highest BCUT2D eigenvalue weighted by Crippen LogP contribution is 2.29. The van der Waals surface area contributed by atoms with Crippen LogP contribution < -0.4 is 19.9 Å². The van der Waals surface area contributed by atoms with Crippen LogP contribution in [0.3, 0.4) is 0 Å². The lowest BCUT2D eigenvalue weighted by molar-refractivity contribution is 0.240. The van der Waals surface area contributed by atoms with Gasteiger partial charge in [0.25, 0.3) is 0 Å². The van der Waals surface area contributed by atoms with Crippen molar-refractivity contribution in [2.24, 2.45) is 0 Å². The lowest BCUT2D eigenvalue weighted by Crippen LogP contribution is -2.06. The molecule has 0 saturated carbocycles. The molecule has 118 valence electrons. The van der Waals surface area contributed by atoms with Crippen molar-refractivity contribution in [1.82, 2.24) is 0 Å². The van der Waals surface area contributed by atoms with E-state index in [9.17, 15) is 0 Å². The summed E-state index contributed by atoms with van der Waals surface area (Å²) in [5.74, 6) is 2.27. The highest BCUT2D eigenvalue weighted by Gasteiger charge is 2.05. The average Bonchev–Trinajstić information content (AvgIpc) is 2.50. The lowest BCUT2D eigenvalue weighted by Gasteiger charge is -2.12. The molecule has 0 aliphatic rings. The normalized spacial score (nSPS) is 10.3. The monoisotopic (exact) mass is 301 g/mol. The summed E-state index contributed by atoms with van der Waals surface area (Å²) in [6, 6.07) is 11.5. The molecule has 2 N–H and O–H groups in total. The zero-order chi connectivity index (χ0) is 15.9. The van der Waals surface area contributed by atoms with Gasteiger partial charge in [0.15, 0.2) is 11.5 Å². The Labute approximate surface area is 131 Å². The molecule has 0 unspecified atom stereocenters. The zero-order valence-electron chi connectivity index (χ0n) is 13.4. The summed E-state index contributed by atoms with van der Waals surface area (Å²) in [5.41, 5.74) is 8.76. The van der Waals surface area contributed by atoms with Crippen LogP contribution in [-0.4, -0.2) is 20.3 Å². The molecule has 0 saturated heterocycles. The fraction of sp³-hybridized carbons (Fsp3) is 0.333. The minimum atomic E-state index is 0.561. The summed E-state index contributed by atoms with van der Waals surface area (Å²) in [5, 5.41) is 0. The Morgan fingerprint density at radius 2 is 1.55 bits per heavy atom. The molecule has 0 aromatic heterocycles. The molecule has 0 fully saturated rings. The van der Waals surface area contributed by atoms with E-state index in [4.69, 9.17) is 19.9 Å². The smallest absolute Gasteiger partial charge is 0.162 e. The number of nitrogens with two attached hydrogens (primary N) is 1. The van der Waals surface area contributed by atoms with Gasteiger partial charge in [-0.1, -0.05) is 17.7 Å². The maximum atomic E-state index is 5.77. The first-order valence-electron chi connectivity index (χ1n) is 7.36. The molecule has 0 bridgehead atoms. The van der Waals surface area contributed by atoms with E-state index in [1.54, 1.807) is 19.2 Å². The van der Waals surface area contributed by atoms with Gasteiger partial charge in [-0.2, -0.15) is 0 Å². The second-order valence-corrected chi connectivity index (χ2v) is 5.23. The molecule has 0 atom stereocenters. The lowest BCUT2D eigenvalue weighted by atomic mass is 10.1. The number of benzene rings is 2. The molecule has 0 aliphatic carbocycles. The van der Waals surface area contributed by atoms with Crippen molar-refractivity contribution >= 4 is 5.69 Å². The SMILES string of the molecule is COc1cc(N)ccc1OCCCOc1ccc(C)cc1C. The molecule has 0 radical (unpaired) electrons. The summed E-state index contributed by atoms with van der Waals surface area (Å²) in [6.45, 7) is 5.30. The van der Waals surface area contributed by atoms with Crippen LogP contribution in [0.25, 0.3) is 0 Å². The highest BCUT2D eigenvalue weighted by molar-refractivity contribution is 5.51. The predicted octanol–water partition coefficient (Wildman–Crippen LogP) is 3.74. The number of ether oxygens (including phenoxy) is 3. The standard InChI is InChI=1S/C18H23NO3/c1-13-5-7-16(14(2)11-13)21-9-4-10-22-17-8-6-15(19)12-18(17)20-3/h5-8,11-12H,4,9-10,19H2,1-3H3. The van der Waals surface area contributed by atoms with E-state index in [1.807, 2.05) is 12.1 Å². The van der Waals surface area contributed by atoms with Gasteiger partial charge < -0.3 is 19.9 Å². The molecular formula is C18H23NO3. The Bertz CT molecular complexity index is 626. The van der Waals surface area contributed by atoms with E-state index in [0.717, 1.165) is 17.7 Å². The second kappa shape index (κ2) is 7.59. The Morgan fingerprint density at radius 1 is 0.864 bits per heavy atom. The van der Waals surface area contributed by atoms with Crippen molar-refractivity contribution in [2.75, 3.05) is 26.1 Å². The number of aryl methyl sites for hydroxylation is 2. The quantitative estimate of drug-likeness (QED) is 0.625. The molecular weight excluding hydrogens is 278 g/mol. The van der Waals surface area contributed by atoms with E-state index in [2.05, 4.69) is 26.0 Å². The van der Waals surface area contributed by atoms with E-state index in [-0.39, 0.29) is 0 Å². The maximum Gasteiger partial charge on any atom is 0.162 e. The van der Waals surface area contributed by atoms with Gasteiger partial charge in [0.05, 0.1) is 20.3 Å². The number of hydrogen-bond donors (Lipinski definition) is 1. The summed E-state index contributed by atoms with van der Waals surface area (Å²) >= 11 is 0. The third-order valence-electron chi connectivity index (χ3n) is 3.32. The molecule has 2 aromatic carbocycles. The number of rotatable bonds is 7. The van der Waals surface area contributed by atoms with Crippen LogP contribution in [0.4, 0.5) is 5.69 Å². The highest BCUT2D eigenvalue weighted by atomic mass is 16.5. The van der Waals surface area contributed by atoms with E-state index < -0.39 is 0 Å². The van der Waals surface area contributed by atoms with Gasteiger partial charge in [0.1, 0.15) is 5.75 Å². The van der Waals surface area contributed by atoms with Gasteiger partial charge in [0, 0.05) is 18.2 Å². The maximum absolute atomic E-state index is 5.77. The Kier molecular flexibility index (Phi) is 5.53. The number of methoxy groups -OCH3 is 1. The van der Waals surface area contributed by atoms with Crippen LogP contribution in [0, 0.1) is 13.8 Å². The Morgan fingerprint density at radius 3 is 2.23 bits per heavy atom. The number of nitrogen functional groups attached to an aromatic ring is 1. The largest absolute Gasteiger partial charge is 0.493 e. The van der Waals surface area contributed by atoms with Gasteiger partial charge in [-0.15, -0.1) is 0 Å². The van der Waals surface area contributed by atoms with Gasteiger partial charge in [-0.05, 0) is 37.6 Å². The average molecular weight is 301 g/mol. The molecule has 4 heteroatoms. The number of anilines is 1. The summed E-state index contributed by atoms with van der Waals surface area (Å²) < 4.78 is 16.7. The van der Waals surface area contributed by atoms with E-state index in [0.29, 0.717) is 30.4 Å². The minimum absolute atomic E-state index is 0.561. The van der Waals surface area contributed by atoms with Crippen LogP contribution in [-0.2, 0) is 0 Å². The summed E-state index contributed by atoms with van der Waals surface area (Å²) in [7, 11) is 1.60.